The highest BCUT2D eigenvalue weighted by molar-refractivity contribution is 5.71. The second-order valence-corrected chi connectivity index (χ2v) is 5.35. The summed E-state index contributed by atoms with van der Waals surface area (Å²) in [5, 5.41) is 3.60. The molecule has 1 aliphatic carbocycles. The number of nitrogens with one attached hydrogen (secondary N) is 1. The van der Waals surface area contributed by atoms with Gasteiger partial charge >= 0.3 is 5.97 Å². The molecule has 0 spiro atoms. The Morgan fingerprint density at radius 2 is 2.24 bits per heavy atom. The minimum Gasteiger partial charge on any atom is -0.482 e. The second-order valence-electron chi connectivity index (χ2n) is 5.35. The molecule has 1 atom stereocenters. The number of carbonyl (C=O) groups is 1. The molecule has 0 radical (unpaired) electrons. The highest BCUT2D eigenvalue weighted by Gasteiger charge is 2.20. The Labute approximate surface area is 126 Å². The Bertz CT molecular complexity index is 473. The number of ether oxygens (including phenoxy) is 2. The molecule has 1 N–H and O–H groups in total. The predicted molar refractivity (Wildman–Crippen MR) is 82.5 cm³/mol. The fourth-order valence-corrected chi connectivity index (χ4v) is 2.76. The zero-order valence-corrected chi connectivity index (χ0v) is 13.0. The van der Waals surface area contributed by atoms with Gasteiger partial charge in [0.1, 0.15) is 5.75 Å². The Morgan fingerprint density at radius 1 is 1.38 bits per heavy atom. The molecule has 1 unspecified atom stereocenters. The van der Waals surface area contributed by atoms with Crippen LogP contribution in [0.15, 0.2) is 18.2 Å². The molecular weight excluding hydrogens is 266 g/mol. The van der Waals surface area contributed by atoms with Gasteiger partial charge in [-0.15, -0.1) is 0 Å². The van der Waals surface area contributed by atoms with E-state index in [1.54, 1.807) is 6.92 Å². The highest BCUT2D eigenvalue weighted by atomic mass is 16.6. The van der Waals surface area contributed by atoms with Crippen molar-refractivity contribution in [3.8, 4) is 5.75 Å². The number of esters is 1. The van der Waals surface area contributed by atoms with E-state index in [1.165, 1.54) is 24.0 Å². The third-order valence-electron chi connectivity index (χ3n) is 3.73. The largest absolute Gasteiger partial charge is 0.482 e. The average Bonchev–Trinajstić information content (AvgIpc) is 2.51. The molecule has 1 aliphatic rings. The molecule has 0 heterocycles. The molecule has 0 bridgehead atoms. The number of carbonyl (C=O) groups excluding carboxylic acids is 1. The van der Waals surface area contributed by atoms with E-state index in [4.69, 9.17) is 9.47 Å². The minimum absolute atomic E-state index is 0.0237. The molecule has 0 aromatic heterocycles. The number of hydrogen-bond donors (Lipinski definition) is 1. The summed E-state index contributed by atoms with van der Waals surface area (Å²) in [6.07, 6.45) is 4.61. The molecule has 0 fully saturated rings. The summed E-state index contributed by atoms with van der Waals surface area (Å²) in [6.45, 7) is 5.38. The van der Waals surface area contributed by atoms with Crippen LogP contribution in [0.25, 0.3) is 0 Å². The molecule has 4 nitrogen and oxygen atoms in total. The van der Waals surface area contributed by atoms with Crippen LogP contribution in [0.4, 0.5) is 0 Å². The summed E-state index contributed by atoms with van der Waals surface area (Å²) in [6, 6.07) is 6.59. The molecule has 1 aromatic rings. The van der Waals surface area contributed by atoms with Crippen LogP contribution in [0.2, 0.25) is 0 Å². The van der Waals surface area contributed by atoms with Crippen LogP contribution < -0.4 is 10.1 Å². The number of hydrogen-bond acceptors (Lipinski definition) is 4. The topological polar surface area (TPSA) is 47.6 Å². The maximum atomic E-state index is 11.3. The lowest BCUT2D eigenvalue weighted by Crippen LogP contribution is -2.25. The third-order valence-corrected chi connectivity index (χ3v) is 3.73. The van der Waals surface area contributed by atoms with Crippen molar-refractivity contribution in [3.05, 3.63) is 29.3 Å². The van der Waals surface area contributed by atoms with Gasteiger partial charge in [0.2, 0.25) is 0 Å². The fourth-order valence-electron chi connectivity index (χ4n) is 2.76. The SMILES string of the molecule is CCCNC1CCCc2cc(OCC(=O)OCC)ccc21. The van der Waals surface area contributed by atoms with Crippen molar-refractivity contribution in [2.75, 3.05) is 19.8 Å². The Kier molecular flexibility index (Phi) is 6.05. The number of aryl methyl sites for hydroxylation is 1. The molecule has 4 heteroatoms. The first-order valence-corrected chi connectivity index (χ1v) is 7.89. The Morgan fingerprint density at radius 3 is 3.00 bits per heavy atom. The summed E-state index contributed by atoms with van der Waals surface area (Å²) >= 11 is 0. The lowest BCUT2D eigenvalue weighted by Gasteiger charge is -2.27. The summed E-state index contributed by atoms with van der Waals surface area (Å²) in [5.74, 6) is 0.427. The van der Waals surface area contributed by atoms with Gasteiger partial charge in [0.15, 0.2) is 6.61 Å². The summed E-state index contributed by atoms with van der Waals surface area (Å²) in [5.41, 5.74) is 2.70. The first-order valence-electron chi connectivity index (χ1n) is 7.89. The summed E-state index contributed by atoms with van der Waals surface area (Å²) < 4.78 is 10.4. The molecule has 0 saturated heterocycles. The number of rotatable bonds is 7. The van der Waals surface area contributed by atoms with Gasteiger partial charge in [-0.3, -0.25) is 0 Å². The van der Waals surface area contributed by atoms with Gasteiger partial charge in [-0.05, 0) is 62.4 Å². The van der Waals surface area contributed by atoms with Crippen molar-refractivity contribution in [1.82, 2.24) is 5.32 Å². The van der Waals surface area contributed by atoms with E-state index in [-0.39, 0.29) is 12.6 Å². The molecule has 0 amide bonds. The first-order chi connectivity index (χ1) is 10.2. The molecule has 0 aliphatic heterocycles. The molecule has 116 valence electrons. The van der Waals surface area contributed by atoms with Crippen LogP contribution in [0.3, 0.4) is 0 Å². The fraction of sp³-hybridized carbons (Fsp3) is 0.588. The van der Waals surface area contributed by atoms with E-state index in [0.29, 0.717) is 12.6 Å². The predicted octanol–water partition coefficient (Wildman–Crippen LogP) is 3.01. The maximum Gasteiger partial charge on any atom is 0.344 e. The van der Waals surface area contributed by atoms with Crippen molar-refractivity contribution < 1.29 is 14.3 Å². The first kappa shape index (κ1) is 15.8. The van der Waals surface area contributed by atoms with Crippen LogP contribution in [0.1, 0.15) is 50.3 Å². The van der Waals surface area contributed by atoms with Crippen LogP contribution in [0, 0.1) is 0 Å². The van der Waals surface area contributed by atoms with Crippen molar-refractivity contribution in [2.24, 2.45) is 0 Å². The van der Waals surface area contributed by atoms with Gasteiger partial charge in [-0.1, -0.05) is 13.0 Å². The van der Waals surface area contributed by atoms with E-state index >= 15 is 0 Å². The van der Waals surface area contributed by atoms with E-state index < -0.39 is 0 Å². The van der Waals surface area contributed by atoms with Crippen LogP contribution in [-0.4, -0.2) is 25.7 Å². The van der Waals surface area contributed by atoms with E-state index in [1.807, 2.05) is 6.07 Å². The summed E-state index contributed by atoms with van der Waals surface area (Å²) in [4.78, 5) is 11.3. The number of benzene rings is 1. The third kappa shape index (κ3) is 4.46. The van der Waals surface area contributed by atoms with Crippen LogP contribution >= 0.6 is 0 Å². The zero-order valence-electron chi connectivity index (χ0n) is 13.0. The standard InChI is InChI=1S/C17H25NO3/c1-3-10-18-16-7-5-6-13-11-14(8-9-15(13)16)21-12-17(19)20-4-2/h8-9,11,16,18H,3-7,10,12H2,1-2H3. The Balaban J connectivity index is 1.99. The van der Waals surface area contributed by atoms with Gasteiger partial charge in [-0.2, -0.15) is 0 Å². The molecular formula is C17H25NO3. The van der Waals surface area contributed by atoms with Crippen LogP contribution in [-0.2, 0) is 16.0 Å². The quantitative estimate of drug-likeness (QED) is 0.785. The van der Waals surface area contributed by atoms with Crippen molar-refractivity contribution >= 4 is 5.97 Å². The van der Waals surface area contributed by atoms with Gasteiger partial charge in [0.25, 0.3) is 0 Å². The summed E-state index contributed by atoms with van der Waals surface area (Å²) in [7, 11) is 0. The molecule has 21 heavy (non-hydrogen) atoms. The lowest BCUT2D eigenvalue weighted by molar-refractivity contribution is -0.145. The van der Waals surface area contributed by atoms with E-state index in [9.17, 15) is 4.79 Å². The molecule has 0 saturated carbocycles. The smallest absolute Gasteiger partial charge is 0.344 e. The molecule has 2 rings (SSSR count). The highest BCUT2D eigenvalue weighted by Crippen LogP contribution is 2.32. The zero-order chi connectivity index (χ0) is 15.1. The van der Waals surface area contributed by atoms with Crippen molar-refractivity contribution in [2.45, 2.75) is 45.6 Å². The van der Waals surface area contributed by atoms with E-state index in [0.717, 1.165) is 25.1 Å². The monoisotopic (exact) mass is 291 g/mol. The van der Waals surface area contributed by atoms with Crippen molar-refractivity contribution in [3.63, 3.8) is 0 Å². The second kappa shape index (κ2) is 8.03. The minimum atomic E-state index is -0.322. The van der Waals surface area contributed by atoms with Crippen molar-refractivity contribution in [1.29, 1.82) is 0 Å². The Hall–Kier alpha value is -1.55. The lowest BCUT2D eigenvalue weighted by atomic mass is 9.87. The average molecular weight is 291 g/mol. The van der Waals surface area contributed by atoms with Crippen LogP contribution in [0.5, 0.6) is 5.75 Å². The van der Waals surface area contributed by atoms with Gasteiger partial charge < -0.3 is 14.8 Å². The van der Waals surface area contributed by atoms with Gasteiger partial charge in [0, 0.05) is 6.04 Å². The van der Waals surface area contributed by atoms with Gasteiger partial charge in [0.05, 0.1) is 6.61 Å². The maximum absolute atomic E-state index is 11.3. The van der Waals surface area contributed by atoms with E-state index in [2.05, 4.69) is 24.4 Å². The molecule has 1 aromatic carbocycles. The van der Waals surface area contributed by atoms with Gasteiger partial charge in [-0.25, -0.2) is 4.79 Å². The normalized spacial score (nSPS) is 17.1. The number of fused-ring (bicyclic) bond motifs is 1.